The Morgan fingerprint density at radius 3 is 2.27 bits per heavy atom. The molecule has 0 saturated heterocycles. The zero-order valence-corrected chi connectivity index (χ0v) is 16.6. The summed E-state index contributed by atoms with van der Waals surface area (Å²) in [5.41, 5.74) is 3.29. The van der Waals surface area contributed by atoms with Crippen LogP contribution in [0.3, 0.4) is 0 Å². The molecule has 4 nitrogen and oxygen atoms in total. The van der Waals surface area contributed by atoms with Gasteiger partial charge in [0.25, 0.3) is 0 Å². The van der Waals surface area contributed by atoms with Crippen LogP contribution in [0, 0.1) is 0 Å². The number of carbonyl (C=O) groups excluding carboxylic acids is 1. The van der Waals surface area contributed by atoms with Crippen LogP contribution in [0.1, 0.15) is 23.6 Å². The van der Waals surface area contributed by atoms with Gasteiger partial charge in [0.05, 0.1) is 5.57 Å². The summed E-state index contributed by atoms with van der Waals surface area (Å²) in [5, 5.41) is 10.9. The molecule has 3 aromatic carbocycles. The van der Waals surface area contributed by atoms with Gasteiger partial charge in [-0.25, -0.2) is 4.79 Å². The fourth-order valence-electron chi connectivity index (χ4n) is 3.46. The molecule has 3 aromatic rings. The second kappa shape index (κ2) is 8.39. The molecule has 4 rings (SSSR count). The van der Waals surface area contributed by atoms with Crippen molar-refractivity contribution in [3.63, 3.8) is 0 Å². The summed E-state index contributed by atoms with van der Waals surface area (Å²) in [4.78, 5) is 12.6. The van der Waals surface area contributed by atoms with Crippen molar-refractivity contribution < 1.29 is 19.4 Å². The summed E-state index contributed by atoms with van der Waals surface area (Å²) in [6, 6.07) is 26.8. The van der Waals surface area contributed by atoms with Crippen LogP contribution in [0.15, 0.2) is 96.6 Å². The highest BCUT2D eigenvalue weighted by Gasteiger charge is 2.43. The van der Waals surface area contributed by atoms with Crippen LogP contribution in [0.25, 0.3) is 11.6 Å². The van der Waals surface area contributed by atoms with E-state index in [1.54, 1.807) is 6.08 Å². The van der Waals surface area contributed by atoms with Crippen LogP contribution in [-0.4, -0.2) is 16.9 Å². The minimum atomic E-state index is -1.75. The van der Waals surface area contributed by atoms with E-state index >= 15 is 0 Å². The number of benzene rings is 3. The second-order valence-electron chi connectivity index (χ2n) is 7.18. The maximum Gasteiger partial charge on any atom is 0.341 e. The lowest BCUT2D eigenvalue weighted by Gasteiger charge is -2.21. The molecule has 4 heteroatoms. The quantitative estimate of drug-likeness (QED) is 0.594. The normalized spacial score (nSPS) is 18.7. The third-order valence-electron chi connectivity index (χ3n) is 4.88. The Kier molecular flexibility index (Phi) is 5.50. The molecule has 0 amide bonds. The molecule has 0 radical (unpaired) electrons. The fraction of sp³-hybridized carbons (Fsp3) is 0.115. The van der Waals surface area contributed by atoms with Gasteiger partial charge in [0, 0.05) is 18.1 Å². The van der Waals surface area contributed by atoms with Crippen LogP contribution >= 0.6 is 0 Å². The van der Waals surface area contributed by atoms with Crippen molar-refractivity contribution in [2.75, 3.05) is 0 Å². The van der Waals surface area contributed by atoms with Crippen molar-refractivity contribution in [1.82, 2.24) is 0 Å². The van der Waals surface area contributed by atoms with Crippen molar-refractivity contribution in [3.8, 4) is 5.75 Å². The van der Waals surface area contributed by atoms with Crippen LogP contribution in [0.4, 0.5) is 0 Å². The lowest BCUT2D eigenvalue weighted by atomic mass is 9.94. The highest BCUT2D eigenvalue weighted by molar-refractivity contribution is 6.07. The van der Waals surface area contributed by atoms with Crippen molar-refractivity contribution in [3.05, 3.63) is 113 Å². The van der Waals surface area contributed by atoms with Gasteiger partial charge >= 0.3 is 5.97 Å². The molecule has 1 N–H and O–H groups in total. The van der Waals surface area contributed by atoms with E-state index in [9.17, 15) is 9.90 Å². The number of hydrogen-bond donors (Lipinski definition) is 1. The number of cyclic esters (lactones) is 1. The third kappa shape index (κ3) is 4.19. The van der Waals surface area contributed by atoms with Gasteiger partial charge in [0.2, 0.25) is 5.79 Å². The molecule has 150 valence electrons. The predicted octanol–water partition coefficient (Wildman–Crippen LogP) is 5.00. The van der Waals surface area contributed by atoms with E-state index < -0.39 is 11.8 Å². The average molecular weight is 398 g/mol. The fourth-order valence-corrected chi connectivity index (χ4v) is 3.46. The molecule has 0 aliphatic carbocycles. The standard InChI is InChI=1S/C26H22O4/c1-26(28)24(22(25(27)30-26)17-16-19-10-4-2-5-11-19)21-14-8-9-15-23(21)29-18-20-12-6-3-7-13-20/h2-17,28H,18H2,1H3/b17-16+. The molecule has 0 aromatic heterocycles. The molecule has 1 unspecified atom stereocenters. The maximum atomic E-state index is 12.6. The van der Waals surface area contributed by atoms with Gasteiger partial charge in [0.15, 0.2) is 0 Å². The van der Waals surface area contributed by atoms with E-state index in [-0.39, 0.29) is 0 Å². The highest BCUT2D eigenvalue weighted by atomic mass is 16.7. The number of aliphatic hydroxyl groups is 1. The first kappa shape index (κ1) is 19.7. The molecular formula is C26H22O4. The van der Waals surface area contributed by atoms with Crippen molar-refractivity contribution >= 4 is 17.6 Å². The van der Waals surface area contributed by atoms with E-state index in [1.165, 1.54) is 6.92 Å². The first-order valence-corrected chi connectivity index (χ1v) is 9.74. The topological polar surface area (TPSA) is 55.8 Å². The Morgan fingerprint density at radius 2 is 1.53 bits per heavy atom. The van der Waals surface area contributed by atoms with Gasteiger partial charge in [-0.1, -0.05) is 84.9 Å². The zero-order valence-electron chi connectivity index (χ0n) is 16.6. The van der Waals surface area contributed by atoms with Gasteiger partial charge in [-0.05, 0) is 23.3 Å². The summed E-state index contributed by atoms with van der Waals surface area (Å²) >= 11 is 0. The number of ether oxygens (including phenoxy) is 2. The lowest BCUT2D eigenvalue weighted by Crippen LogP contribution is -2.26. The number of carbonyl (C=O) groups is 1. The first-order valence-electron chi connectivity index (χ1n) is 9.74. The van der Waals surface area contributed by atoms with E-state index in [2.05, 4.69) is 0 Å². The molecule has 0 spiro atoms. The van der Waals surface area contributed by atoms with E-state index in [1.807, 2.05) is 91.0 Å². The second-order valence-corrected chi connectivity index (χ2v) is 7.18. The number of para-hydroxylation sites is 1. The Bertz CT molecular complexity index is 1100. The Balaban J connectivity index is 1.73. The zero-order chi connectivity index (χ0) is 21.0. The largest absolute Gasteiger partial charge is 0.488 e. The predicted molar refractivity (Wildman–Crippen MR) is 116 cm³/mol. The van der Waals surface area contributed by atoms with Crippen molar-refractivity contribution in [2.24, 2.45) is 0 Å². The van der Waals surface area contributed by atoms with Crippen molar-refractivity contribution in [1.29, 1.82) is 0 Å². The van der Waals surface area contributed by atoms with Gasteiger partial charge in [-0.3, -0.25) is 0 Å². The van der Waals surface area contributed by atoms with Crippen LogP contribution in [0.5, 0.6) is 5.75 Å². The van der Waals surface area contributed by atoms with Gasteiger partial charge < -0.3 is 14.6 Å². The Labute approximate surface area is 175 Å². The average Bonchev–Trinajstić information content (AvgIpc) is 2.99. The lowest BCUT2D eigenvalue weighted by molar-refractivity contribution is -0.170. The van der Waals surface area contributed by atoms with Gasteiger partial charge in [-0.2, -0.15) is 0 Å². The molecule has 0 saturated carbocycles. The Morgan fingerprint density at radius 1 is 0.900 bits per heavy atom. The minimum absolute atomic E-state index is 0.305. The SMILES string of the molecule is CC1(O)OC(=O)C(/C=C/c2ccccc2)=C1c1ccccc1OCc1ccccc1. The molecule has 1 heterocycles. The molecule has 1 aliphatic heterocycles. The number of esters is 1. The molecular weight excluding hydrogens is 376 g/mol. The third-order valence-corrected chi connectivity index (χ3v) is 4.88. The number of rotatable bonds is 6. The minimum Gasteiger partial charge on any atom is -0.488 e. The summed E-state index contributed by atoms with van der Waals surface area (Å²) in [6.07, 6.45) is 3.51. The van der Waals surface area contributed by atoms with E-state index in [4.69, 9.17) is 9.47 Å². The van der Waals surface area contributed by atoms with Gasteiger partial charge in [-0.15, -0.1) is 0 Å². The van der Waals surface area contributed by atoms with Crippen LogP contribution in [0.2, 0.25) is 0 Å². The maximum absolute atomic E-state index is 12.6. The summed E-state index contributed by atoms with van der Waals surface area (Å²) in [5.74, 6) is -1.75. The van der Waals surface area contributed by atoms with E-state index in [0.29, 0.717) is 29.1 Å². The molecule has 0 bridgehead atoms. The van der Waals surface area contributed by atoms with Crippen molar-refractivity contribution in [2.45, 2.75) is 19.3 Å². The van der Waals surface area contributed by atoms with Crippen LogP contribution in [-0.2, 0) is 16.1 Å². The smallest absolute Gasteiger partial charge is 0.341 e. The molecule has 0 fully saturated rings. The monoisotopic (exact) mass is 398 g/mol. The summed E-state index contributed by atoms with van der Waals surface area (Å²) in [6.45, 7) is 1.84. The van der Waals surface area contributed by atoms with Gasteiger partial charge in [0.1, 0.15) is 12.4 Å². The highest BCUT2D eigenvalue weighted by Crippen LogP contribution is 2.42. The summed E-state index contributed by atoms with van der Waals surface area (Å²) < 4.78 is 11.3. The summed E-state index contributed by atoms with van der Waals surface area (Å²) in [7, 11) is 0. The first-order chi connectivity index (χ1) is 14.5. The molecule has 30 heavy (non-hydrogen) atoms. The molecule has 1 aliphatic rings. The van der Waals surface area contributed by atoms with Crippen LogP contribution < -0.4 is 4.74 Å². The number of hydrogen-bond acceptors (Lipinski definition) is 4. The van der Waals surface area contributed by atoms with E-state index in [0.717, 1.165) is 11.1 Å². The molecule has 1 atom stereocenters. The Hall–Kier alpha value is -3.63.